The third-order valence-corrected chi connectivity index (χ3v) is 8.38. The van der Waals surface area contributed by atoms with E-state index in [-0.39, 0.29) is 6.17 Å². The number of anilines is 1. The van der Waals surface area contributed by atoms with E-state index in [9.17, 15) is 4.21 Å². The minimum atomic E-state index is -1.000. The average molecular weight is 553 g/mol. The molecule has 3 rings (SSSR count). The Balaban J connectivity index is 0.00000260. The third-order valence-electron chi connectivity index (χ3n) is 7.07. The van der Waals surface area contributed by atoms with Crippen LogP contribution in [-0.4, -0.2) is 46.7 Å². The SMILES string of the molecule is CC.CCCC(CCC(C)C)CNC1C=C(c2cc(C)cnc2NC)C(c2cccc(S(=O)CC)c2)=CN1C. The van der Waals surface area contributed by atoms with Gasteiger partial charge in [0.15, 0.2) is 0 Å². The molecule has 5 nitrogen and oxygen atoms in total. The van der Waals surface area contributed by atoms with Crippen LogP contribution in [0.2, 0.25) is 0 Å². The number of hydrogen-bond donors (Lipinski definition) is 2. The first-order valence-corrected chi connectivity index (χ1v) is 16.1. The van der Waals surface area contributed by atoms with Gasteiger partial charge in [-0.25, -0.2) is 4.98 Å². The molecule has 0 aliphatic carbocycles. The van der Waals surface area contributed by atoms with Crippen LogP contribution in [0.1, 0.15) is 83.9 Å². The van der Waals surface area contributed by atoms with Crippen LogP contribution in [0, 0.1) is 18.8 Å². The zero-order valence-corrected chi connectivity index (χ0v) is 26.6. The molecular weight excluding hydrogens is 500 g/mol. The van der Waals surface area contributed by atoms with Crippen LogP contribution in [0.5, 0.6) is 0 Å². The Bertz CT molecular complexity index is 1120. The highest BCUT2D eigenvalue weighted by Crippen LogP contribution is 2.38. The standard InChI is InChI=1S/C31H46N4OS.C2H6/c1-8-11-24(15-14-22(3)4)20-33-30-18-27(28-16-23(5)19-34-31(28)32-6)29(21-35(30)7)25-12-10-13-26(17-25)37(36)9-2;1-2/h10,12-13,16-19,21-22,24,30,33H,8-9,11,14-15,20H2,1-7H3,(H,32,34);1-2H3. The van der Waals surface area contributed by atoms with Gasteiger partial charge in [-0.15, -0.1) is 0 Å². The smallest absolute Gasteiger partial charge is 0.133 e. The van der Waals surface area contributed by atoms with Gasteiger partial charge < -0.3 is 10.2 Å². The summed E-state index contributed by atoms with van der Waals surface area (Å²) in [4.78, 5) is 7.81. The number of nitrogens with one attached hydrogen (secondary N) is 2. The topological polar surface area (TPSA) is 57.3 Å². The molecule has 0 spiro atoms. The number of hydrogen-bond acceptors (Lipinski definition) is 5. The molecule has 0 fully saturated rings. The van der Waals surface area contributed by atoms with Gasteiger partial charge in [0.1, 0.15) is 5.82 Å². The van der Waals surface area contributed by atoms with E-state index < -0.39 is 10.8 Å². The van der Waals surface area contributed by atoms with Crippen molar-refractivity contribution >= 4 is 27.8 Å². The molecule has 0 saturated heterocycles. The molecule has 216 valence electrons. The van der Waals surface area contributed by atoms with Crippen molar-refractivity contribution in [3.05, 3.63) is 65.5 Å². The summed E-state index contributed by atoms with van der Waals surface area (Å²) in [6, 6.07) is 10.4. The van der Waals surface area contributed by atoms with Crippen molar-refractivity contribution in [2.75, 3.05) is 31.7 Å². The van der Waals surface area contributed by atoms with Crippen LogP contribution in [0.25, 0.3) is 11.1 Å². The lowest BCUT2D eigenvalue weighted by atomic mass is 9.89. The van der Waals surface area contributed by atoms with Gasteiger partial charge in [-0.2, -0.15) is 0 Å². The first-order chi connectivity index (χ1) is 18.8. The van der Waals surface area contributed by atoms with Gasteiger partial charge in [-0.05, 0) is 72.6 Å². The fourth-order valence-corrected chi connectivity index (χ4v) is 5.77. The van der Waals surface area contributed by atoms with Gasteiger partial charge in [0, 0.05) is 54.8 Å². The molecule has 0 radical (unpaired) electrons. The van der Waals surface area contributed by atoms with Crippen LogP contribution in [-0.2, 0) is 10.8 Å². The number of likely N-dealkylation sites (N-methyl/N-ethyl adjacent to an activating group) is 1. The van der Waals surface area contributed by atoms with E-state index in [0.717, 1.165) is 51.0 Å². The molecule has 6 heteroatoms. The Morgan fingerprint density at radius 1 is 1.08 bits per heavy atom. The molecule has 3 atom stereocenters. The molecule has 0 saturated carbocycles. The van der Waals surface area contributed by atoms with E-state index in [1.807, 2.05) is 46.1 Å². The van der Waals surface area contributed by atoms with E-state index in [2.05, 4.69) is 85.7 Å². The second kappa shape index (κ2) is 16.6. The normalized spacial score (nSPS) is 16.7. The largest absolute Gasteiger partial charge is 0.373 e. The van der Waals surface area contributed by atoms with Gasteiger partial charge in [0.2, 0.25) is 0 Å². The molecule has 1 aromatic heterocycles. The van der Waals surface area contributed by atoms with Gasteiger partial charge in [-0.3, -0.25) is 9.53 Å². The quantitative estimate of drug-likeness (QED) is 0.266. The number of aryl methyl sites for hydroxylation is 1. The predicted molar refractivity (Wildman–Crippen MR) is 171 cm³/mol. The maximum Gasteiger partial charge on any atom is 0.133 e. The molecule has 39 heavy (non-hydrogen) atoms. The van der Waals surface area contributed by atoms with Crippen molar-refractivity contribution < 1.29 is 4.21 Å². The average Bonchev–Trinajstić information content (AvgIpc) is 2.95. The molecule has 2 N–H and O–H groups in total. The molecule has 1 aromatic carbocycles. The molecule has 2 heterocycles. The highest BCUT2D eigenvalue weighted by atomic mass is 32.2. The summed E-state index contributed by atoms with van der Waals surface area (Å²) in [5.41, 5.74) is 5.53. The van der Waals surface area contributed by atoms with Gasteiger partial charge >= 0.3 is 0 Å². The van der Waals surface area contributed by atoms with Gasteiger partial charge in [0.05, 0.1) is 17.0 Å². The van der Waals surface area contributed by atoms with Crippen molar-refractivity contribution in [1.29, 1.82) is 0 Å². The summed E-state index contributed by atoms with van der Waals surface area (Å²) < 4.78 is 12.6. The zero-order chi connectivity index (χ0) is 28.9. The van der Waals surface area contributed by atoms with Crippen molar-refractivity contribution in [3.63, 3.8) is 0 Å². The minimum Gasteiger partial charge on any atom is -0.373 e. The molecular formula is C33H52N4OS. The molecule has 1 aliphatic rings. The van der Waals surface area contributed by atoms with E-state index in [1.54, 1.807) is 0 Å². The van der Waals surface area contributed by atoms with Gasteiger partial charge in [-0.1, -0.05) is 66.5 Å². The monoisotopic (exact) mass is 552 g/mol. The predicted octanol–water partition coefficient (Wildman–Crippen LogP) is 7.72. The third kappa shape index (κ3) is 9.32. The first kappa shape index (κ1) is 32.8. The van der Waals surface area contributed by atoms with E-state index in [0.29, 0.717) is 11.7 Å². The lowest BCUT2D eigenvalue weighted by Crippen LogP contribution is -2.43. The molecule has 3 unspecified atom stereocenters. The molecule has 1 aliphatic heterocycles. The fraction of sp³-hybridized carbons (Fsp3) is 0.545. The van der Waals surface area contributed by atoms with Crippen molar-refractivity contribution in [1.82, 2.24) is 15.2 Å². The van der Waals surface area contributed by atoms with Crippen molar-refractivity contribution in [3.8, 4) is 0 Å². The van der Waals surface area contributed by atoms with Crippen LogP contribution < -0.4 is 10.6 Å². The summed E-state index contributed by atoms with van der Waals surface area (Å²) >= 11 is 0. The summed E-state index contributed by atoms with van der Waals surface area (Å²) in [6.45, 7) is 16.0. The van der Waals surface area contributed by atoms with E-state index in [4.69, 9.17) is 0 Å². The van der Waals surface area contributed by atoms with Crippen molar-refractivity contribution in [2.24, 2.45) is 11.8 Å². The maximum atomic E-state index is 12.6. The number of benzene rings is 1. The Kier molecular flexibility index (Phi) is 14.0. The second-order valence-electron chi connectivity index (χ2n) is 10.6. The number of nitrogens with zero attached hydrogens (tertiary/aromatic N) is 2. The lowest BCUT2D eigenvalue weighted by Gasteiger charge is -2.34. The number of aromatic nitrogens is 1. The van der Waals surface area contributed by atoms with Crippen LogP contribution in [0.15, 0.2) is 53.7 Å². The highest BCUT2D eigenvalue weighted by Gasteiger charge is 2.25. The number of pyridine rings is 1. The fourth-order valence-electron chi connectivity index (χ4n) is 4.95. The minimum absolute atomic E-state index is 0.0790. The highest BCUT2D eigenvalue weighted by molar-refractivity contribution is 7.85. The molecule has 2 aromatic rings. The summed E-state index contributed by atoms with van der Waals surface area (Å²) in [7, 11) is 3.06. The lowest BCUT2D eigenvalue weighted by molar-refractivity contribution is 0.289. The Morgan fingerprint density at radius 3 is 2.46 bits per heavy atom. The maximum absolute atomic E-state index is 12.6. The molecule has 0 bridgehead atoms. The zero-order valence-electron chi connectivity index (χ0n) is 25.8. The number of allylic oxidation sites excluding steroid dienone is 2. The molecule has 0 amide bonds. The Morgan fingerprint density at radius 2 is 1.82 bits per heavy atom. The summed E-state index contributed by atoms with van der Waals surface area (Å²) in [5, 5.41) is 7.15. The van der Waals surface area contributed by atoms with E-state index in [1.165, 1.54) is 25.7 Å². The summed E-state index contributed by atoms with van der Waals surface area (Å²) in [6.07, 6.45) is 11.5. The Labute approximate surface area is 241 Å². The van der Waals surface area contributed by atoms with E-state index >= 15 is 0 Å². The summed E-state index contributed by atoms with van der Waals surface area (Å²) in [5.74, 6) is 2.89. The van der Waals surface area contributed by atoms with Crippen LogP contribution in [0.4, 0.5) is 5.82 Å². The van der Waals surface area contributed by atoms with Crippen LogP contribution >= 0.6 is 0 Å². The Hall–Kier alpha value is -2.44. The van der Waals surface area contributed by atoms with Crippen molar-refractivity contribution in [2.45, 2.75) is 85.2 Å². The number of rotatable bonds is 13. The first-order valence-electron chi connectivity index (χ1n) is 14.8. The van der Waals surface area contributed by atoms with Gasteiger partial charge in [0.25, 0.3) is 0 Å². The second-order valence-corrected chi connectivity index (χ2v) is 12.3. The van der Waals surface area contributed by atoms with Crippen LogP contribution in [0.3, 0.4) is 0 Å².